The highest BCUT2D eigenvalue weighted by Gasteiger charge is 2.21. The molecule has 1 aromatic carbocycles. The smallest absolute Gasteiger partial charge is 0.225 e. The molecule has 1 atom stereocenters. The normalized spacial score (nSPS) is 17.8. The van der Waals surface area contributed by atoms with E-state index in [-0.39, 0.29) is 0 Å². The minimum absolute atomic E-state index is 0.424. The number of ether oxygens (including phenoxy) is 1. The van der Waals surface area contributed by atoms with Gasteiger partial charge in [0.15, 0.2) is 0 Å². The average molecular weight is 347 g/mol. The fraction of sp³-hybridized carbons (Fsp3) is 0.444. The Hall–Kier alpha value is -1.85. The molecule has 0 aliphatic carbocycles. The highest BCUT2D eigenvalue weighted by molar-refractivity contribution is 6.32. The van der Waals surface area contributed by atoms with Crippen LogP contribution in [0.4, 0.5) is 5.95 Å². The molecule has 0 bridgehead atoms. The van der Waals surface area contributed by atoms with E-state index in [1.54, 1.807) is 12.4 Å². The van der Waals surface area contributed by atoms with Crippen LogP contribution in [0.3, 0.4) is 0 Å². The number of aromatic nitrogens is 2. The fourth-order valence-corrected chi connectivity index (χ4v) is 3.23. The third-order valence-electron chi connectivity index (χ3n) is 4.15. The molecular formula is C18H23ClN4O. The van der Waals surface area contributed by atoms with Crippen LogP contribution in [0.2, 0.25) is 5.02 Å². The molecule has 1 N–H and O–H groups in total. The van der Waals surface area contributed by atoms with Crippen molar-refractivity contribution >= 4 is 17.5 Å². The van der Waals surface area contributed by atoms with E-state index in [1.165, 1.54) is 0 Å². The number of nitrogens with one attached hydrogen (secondary N) is 1. The Labute approximate surface area is 148 Å². The first-order valence-electron chi connectivity index (χ1n) is 8.43. The lowest BCUT2D eigenvalue weighted by molar-refractivity contribution is 0.340. The van der Waals surface area contributed by atoms with Gasteiger partial charge in [-0.1, -0.05) is 17.7 Å². The molecule has 2 aromatic rings. The van der Waals surface area contributed by atoms with Crippen molar-refractivity contribution in [3.63, 3.8) is 0 Å². The standard InChI is InChI=1S/C18H23ClN4O/c1-2-24-17-7-6-14(11-16(17)19)12-22-15-5-3-10-23(13-15)18-20-8-4-9-21-18/h4,6-9,11,15,22H,2-3,5,10,12-13H2,1H3. The van der Waals surface area contributed by atoms with Crippen molar-refractivity contribution in [2.45, 2.75) is 32.4 Å². The molecule has 3 rings (SSSR count). The van der Waals surface area contributed by atoms with E-state index in [0.717, 1.165) is 49.7 Å². The topological polar surface area (TPSA) is 50.3 Å². The van der Waals surface area contributed by atoms with Crippen LogP contribution in [0.15, 0.2) is 36.7 Å². The van der Waals surface area contributed by atoms with Crippen LogP contribution in [0.1, 0.15) is 25.3 Å². The summed E-state index contributed by atoms with van der Waals surface area (Å²) in [6, 6.07) is 8.24. The maximum Gasteiger partial charge on any atom is 0.225 e. The number of nitrogens with zero attached hydrogens (tertiary/aromatic N) is 3. The summed E-state index contributed by atoms with van der Waals surface area (Å²) in [6.07, 6.45) is 5.89. The van der Waals surface area contributed by atoms with Gasteiger partial charge in [0.25, 0.3) is 0 Å². The Morgan fingerprint density at radius 2 is 2.17 bits per heavy atom. The quantitative estimate of drug-likeness (QED) is 0.869. The van der Waals surface area contributed by atoms with E-state index >= 15 is 0 Å². The van der Waals surface area contributed by atoms with Crippen molar-refractivity contribution < 1.29 is 4.74 Å². The van der Waals surface area contributed by atoms with E-state index in [2.05, 4.69) is 26.3 Å². The molecule has 0 radical (unpaired) electrons. The lowest BCUT2D eigenvalue weighted by atomic mass is 10.1. The molecule has 1 fully saturated rings. The number of hydrogen-bond donors (Lipinski definition) is 1. The lowest BCUT2D eigenvalue weighted by Crippen LogP contribution is -2.46. The summed E-state index contributed by atoms with van der Waals surface area (Å²) in [7, 11) is 0. The molecule has 6 heteroatoms. The number of hydrogen-bond acceptors (Lipinski definition) is 5. The Morgan fingerprint density at radius 3 is 2.92 bits per heavy atom. The van der Waals surface area contributed by atoms with Gasteiger partial charge in [-0.15, -0.1) is 0 Å². The summed E-state index contributed by atoms with van der Waals surface area (Å²) in [5.74, 6) is 1.56. The van der Waals surface area contributed by atoms with Crippen molar-refractivity contribution in [3.8, 4) is 5.75 Å². The molecule has 2 heterocycles. The molecule has 1 aliphatic heterocycles. The fourth-order valence-electron chi connectivity index (χ4n) is 2.97. The highest BCUT2D eigenvalue weighted by atomic mass is 35.5. The number of piperidine rings is 1. The first-order valence-corrected chi connectivity index (χ1v) is 8.80. The molecule has 1 aromatic heterocycles. The summed E-state index contributed by atoms with van der Waals surface area (Å²) in [4.78, 5) is 10.9. The van der Waals surface area contributed by atoms with Crippen LogP contribution in [-0.2, 0) is 6.54 Å². The van der Waals surface area contributed by atoms with E-state index in [1.807, 2.05) is 25.1 Å². The van der Waals surface area contributed by atoms with Crippen molar-refractivity contribution in [1.29, 1.82) is 0 Å². The molecule has 128 valence electrons. The number of benzene rings is 1. The summed E-state index contributed by atoms with van der Waals surface area (Å²) in [5.41, 5.74) is 1.16. The van der Waals surface area contributed by atoms with Gasteiger partial charge in [0.05, 0.1) is 11.6 Å². The van der Waals surface area contributed by atoms with Crippen LogP contribution in [0.25, 0.3) is 0 Å². The zero-order valence-corrected chi connectivity index (χ0v) is 14.7. The predicted molar refractivity (Wildman–Crippen MR) is 96.7 cm³/mol. The summed E-state index contributed by atoms with van der Waals surface area (Å²) in [6.45, 7) is 5.31. The molecule has 0 amide bonds. The molecule has 0 spiro atoms. The third-order valence-corrected chi connectivity index (χ3v) is 4.44. The third kappa shape index (κ3) is 4.36. The van der Waals surface area contributed by atoms with Crippen molar-refractivity contribution in [1.82, 2.24) is 15.3 Å². The first-order chi connectivity index (χ1) is 11.8. The Balaban J connectivity index is 1.55. The SMILES string of the molecule is CCOc1ccc(CNC2CCCN(c3ncccn3)C2)cc1Cl. The van der Waals surface area contributed by atoms with Crippen LogP contribution >= 0.6 is 11.6 Å². The molecule has 1 aliphatic rings. The zero-order valence-electron chi connectivity index (χ0n) is 13.9. The van der Waals surface area contributed by atoms with E-state index in [9.17, 15) is 0 Å². The Bertz CT molecular complexity index is 653. The number of rotatable bonds is 6. The van der Waals surface area contributed by atoms with Gasteiger partial charge in [-0.05, 0) is 43.5 Å². The van der Waals surface area contributed by atoms with E-state index in [0.29, 0.717) is 17.7 Å². The van der Waals surface area contributed by atoms with Gasteiger partial charge in [0.2, 0.25) is 5.95 Å². The minimum Gasteiger partial charge on any atom is -0.492 e. The monoisotopic (exact) mass is 346 g/mol. The zero-order chi connectivity index (χ0) is 16.8. The Kier molecular flexibility index (Phi) is 5.88. The summed E-state index contributed by atoms with van der Waals surface area (Å²) in [5, 5.41) is 4.29. The number of anilines is 1. The van der Waals surface area contributed by atoms with Gasteiger partial charge in [0.1, 0.15) is 5.75 Å². The van der Waals surface area contributed by atoms with E-state index < -0.39 is 0 Å². The Morgan fingerprint density at radius 1 is 1.33 bits per heavy atom. The second kappa shape index (κ2) is 8.31. The molecule has 0 saturated carbocycles. The maximum absolute atomic E-state index is 6.26. The van der Waals surface area contributed by atoms with Crippen molar-refractivity contribution in [2.75, 3.05) is 24.6 Å². The van der Waals surface area contributed by atoms with Crippen LogP contribution in [0.5, 0.6) is 5.75 Å². The number of halogens is 1. The second-order valence-corrected chi connectivity index (χ2v) is 6.32. The molecule has 5 nitrogen and oxygen atoms in total. The predicted octanol–water partition coefficient (Wildman–Crippen LogP) is 3.29. The van der Waals surface area contributed by atoms with Gasteiger partial charge in [-0.25, -0.2) is 9.97 Å². The van der Waals surface area contributed by atoms with Gasteiger partial charge in [-0.2, -0.15) is 0 Å². The average Bonchev–Trinajstić information content (AvgIpc) is 2.63. The molecule has 1 saturated heterocycles. The molecule has 1 unspecified atom stereocenters. The summed E-state index contributed by atoms with van der Waals surface area (Å²) < 4.78 is 5.48. The van der Waals surface area contributed by atoms with Crippen LogP contribution < -0.4 is 15.0 Å². The first kappa shape index (κ1) is 17.0. The maximum atomic E-state index is 6.26. The van der Waals surface area contributed by atoms with E-state index in [4.69, 9.17) is 16.3 Å². The van der Waals surface area contributed by atoms with Crippen LogP contribution in [0, 0.1) is 0 Å². The van der Waals surface area contributed by atoms with Gasteiger partial charge >= 0.3 is 0 Å². The highest BCUT2D eigenvalue weighted by Crippen LogP contribution is 2.25. The minimum atomic E-state index is 0.424. The van der Waals surface area contributed by atoms with Crippen molar-refractivity contribution in [2.24, 2.45) is 0 Å². The van der Waals surface area contributed by atoms with Crippen LogP contribution in [-0.4, -0.2) is 35.7 Å². The van der Waals surface area contributed by atoms with Crippen molar-refractivity contribution in [3.05, 3.63) is 47.2 Å². The molecular weight excluding hydrogens is 324 g/mol. The second-order valence-electron chi connectivity index (χ2n) is 5.91. The summed E-state index contributed by atoms with van der Waals surface area (Å²) >= 11 is 6.26. The van der Waals surface area contributed by atoms with Gasteiger partial charge < -0.3 is 15.0 Å². The van der Waals surface area contributed by atoms with Gasteiger partial charge in [-0.3, -0.25) is 0 Å². The molecule has 24 heavy (non-hydrogen) atoms. The lowest BCUT2D eigenvalue weighted by Gasteiger charge is -2.33. The van der Waals surface area contributed by atoms with Gasteiger partial charge in [0, 0.05) is 38.1 Å². The largest absolute Gasteiger partial charge is 0.492 e.